The first-order chi connectivity index (χ1) is 15.7. The Morgan fingerprint density at radius 2 is 1.79 bits per heavy atom. The van der Waals surface area contributed by atoms with E-state index in [1.165, 1.54) is 6.33 Å². The van der Waals surface area contributed by atoms with E-state index >= 15 is 0 Å². The summed E-state index contributed by atoms with van der Waals surface area (Å²) in [6, 6.07) is 15.0. The van der Waals surface area contributed by atoms with Crippen molar-refractivity contribution in [2.24, 2.45) is 0 Å². The predicted molar refractivity (Wildman–Crippen MR) is 128 cm³/mol. The van der Waals surface area contributed by atoms with Crippen molar-refractivity contribution in [3.63, 3.8) is 0 Å². The van der Waals surface area contributed by atoms with Crippen LogP contribution < -0.4 is 9.46 Å². The summed E-state index contributed by atoms with van der Waals surface area (Å²) in [5.41, 5.74) is 4.05. The standard InChI is InChI=1S/C23H22ClN5O3S/c1-15-16(2)27-29(17(15)3)22-12-23(26-14-25-22)32-21-9-7-20(8-10-21)28-33(30,31)13-18-5-4-6-19(24)11-18/h4-12,14,28H,13H2,1-3H3. The van der Waals surface area contributed by atoms with Gasteiger partial charge in [-0.05, 0) is 68.3 Å². The summed E-state index contributed by atoms with van der Waals surface area (Å²) in [4.78, 5) is 8.44. The Balaban J connectivity index is 1.45. The first-order valence-corrected chi connectivity index (χ1v) is 12.1. The lowest BCUT2D eigenvalue weighted by Crippen LogP contribution is -2.15. The Morgan fingerprint density at radius 3 is 2.45 bits per heavy atom. The van der Waals surface area contributed by atoms with Crippen molar-refractivity contribution in [2.75, 3.05) is 4.72 Å². The number of benzene rings is 2. The van der Waals surface area contributed by atoms with E-state index in [1.807, 2.05) is 20.8 Å². The number of hydrogen-bond acceptors (Lipinski definition) is 6. The molecule has 0 aliphatic heterocycles. The molecule has 1 N–H and O–H groups in total. The van der Waals surface area contributed by atoms with Gasteiger partial charge in [0.15, 0.2) is 5.82 Å². The second-order valence-corrected chi connectivity index (χ2v) is 9.70. The Morgan fingerprint density at radius 1 is 1.03 bits per heavy atom. The lowest BCUT2D eigenvalue weighted by molar-refractivity contribution is 0.460. The average molecular weight is 484 g/mol. The minimum atomic E-state index is -3.60. The predicted octanol–water partition coefficient (Wildman–Crippen LogP) is 4.98. The summed E-state index contributed by atoms with van der Waals surface area (Å²) < 4.78 is 35.1. The van der Waals surface area contributed by atoms with Crippen molar-refractivity contribution < 1.29 is 13.2 Å². The van der Waals surface area contributed by atoms with E-state index in [-0.39, 0.29) is 5.75 Å². The monoisotopic (exact) mass is 483 g/mol. The molecule has 0 bridgehead atoms. The average Bonchev–Trinajstić information content (AvgIpc) is 3.02. The van der Waals surface area contributed by atoms with Crippen molar-refractivity contribution in [3.8, 4) is 17.4 Å². The van der Waals surface area contributed by atoms with Gasteiger partial charge in [-0.1, -0.05) is 23.7 Å². The van der Waals surface area contributed by atoms with Crippen LogP contribution in [0.3, 0.4) is 0 Å². The van der Waals surface area contributed by atoms with E-state index in [9.17, 15) is 8.42 Å². The summed E-state index contributed by atoms with van der Waals surface area (Å²) >= 11 is 5.94. The van der Waals surface area contributed by atoms with Crippen molar-refractivity contribution >= 4 is 27.3 Å². The van der Waals surface area contributed by atoms with Crippen molar-refractivity contribution in [1.82, 2.24) is 19.7 Å². The second kappa shape index (κ2) is 9.21. The van der Waals surface area contributed by atoms with Gasteiger partial charge in [-0.3, -0.25) is 4.72 Å². The number of nitrogens with one attached hydrogen (secondary N) is 1. The highest BCUT2D eigenvalue weighted by Gasteiger charge is 2.13. The van der Waals surface area contributed by atoms with Gasteiger partial charge < -0.3 is 4.74 Å². The molecule has 0 unspecified atom stereocenters. The van der Waals surface area contributed by atoms with Gasteiger partial charge in [0.25, 0.3) is 0 Å². The summed E-state index contributed by atoms with van der Waals surface area (Å²) in [5.74, 6) is 1.27. The second-order valence-electron chi connectivity index (χ2n) is 7.54. The van der Waals surface area contributed by atoms with Gasteiger partial charge >= 0.3 is 0 Å². The zero-order valence-electron chi connectivity index (χ0n) is 18.3. The molecule has 8 nitrogen and oxygen atoms in total. The summed E-state index contributed by atoms with van der Waals surface area (Å²) in [6.45, 7) is 5.93. The van der Waals surface area contributed by atoms with E-state index in [0.29, 0.717) is 33.7 Å². The largest absolute Gasteiger partial charge is 0.439 e. The van der Waals surface area contributed by atoms with Crippen molar-refractivity contribution in [1.29, 1.82) is 0 Å². The molecule has 4 aromatic rings. The zero-order chi connectivity index (χ0) is 23.6. The van der Waals surface area contributed by atoms with Crippen LogP contribution in [0.25, 0.3) is 5.82 Å². The smallest absolute Gasteiger partial charge is 0.236 e. The molecule has 170 valence electrons. The van der Waals surface area contributed by atoms with Gasteiger partial charge in [0.05, 0.1) is 11.4 Å². The minimum absolute atomic E-state index is 0.179. The van der Waals surface area contributed by atoms with Crippen LogP contribution in [-0.4, -0.2) is 28.2 Å². The van der Waals surface area contributed by atoms with E-state index in [4.69, 9.17) is 16.3 Å². The Bertz CT molecular complexity index is 1400. The van der Waals surface area contributed by atoms with Gasteiger partial charge in [-0.15, -0.1) is 0 Å². The fraction of sp³-hybridized carbons (Fsp3) is 0.174. The zero-order valence-corrected chi connectivity index (χ0v) is 19.9. The number of halogens is 1. The molecule has 0 atom stereocenters. The molecule has 0 amide bonds. The van der Waals surface area contributed by atoms with Crippen LogP contribution in [0.2, 0.25) is 5.02 Å². The van der Waals surface area contributed by atoms with Crippen LogP contribution >= 0.6 is 11.6 Å². The molecule has 0 radical (unpaired) electrons. The van der Waals surface area contributed by atoms with Crippen LogP contribution in [0.15, 0.2) is 60.9 Å². The van der Waals surface area contributed by atoms with Gasteiger partial charge in [0.2, 0.25) is 15.9 Å². The normalized spacial score (nSPS) is 11.4. The Kier molecular flexibility index (Phi) is 6.35. The number of aromatic nitrogens is 4. The molecule has 0 aliphatic rings. The first-order valence-electron chi connectivity index (χ1n) is 10.1. The summed E-state index contributed by atoms with van der Waals surface area (Å²) in [6.07, 6.45) is 1.41. The molecule has 10 heteroatoms. The molecule has 0 saturated heterocycles. The molecule has 33 heavy (non-hydrogen) atoms. The number of hydrogen-bond donors (Lipinski definition) is 1. The maximum atomic E-state index is 12.5. The third-order valence-electron chi connectivity index (χ3n) is 5.09. The summed E-state index contributed by atoms with van der Waals surface area (Å²) in [7, 11) is -3.60. The fourth-order valence-electron chi connectivity index (χ4n) is 3.22. The number of ether oxygens (including phenoxy) is 1. The highest BCUT2D eigenvalue weighted by Crippen LogP contribution is 2.24. The van der Waals surface area contributed by atoms with Gasteiger partial charge in [0.1, 0.15) is 12.1 Å². The van der Waals surface area contributed by atoms with Crippen LogP contribution in [-0.2, 0) is 15.8 Å². The van der Waals surface area contributed by atoms with Crippen LogP contribution in [0, 0.1) is 20.8 Å². The van der Waals surface area contributed by atoms with E-state index < -0.39 is 10.0 Å². The minimum Gasteiger partial charge on any atom is -0.439 e. The maximum Gasteiger partial charge on any atom is 0.236 e. The highest BCUT2D eigenvalue weighted by molar-refractivity contribution is 7.91. The fourth-order valence-corrected chi connectivity index (χ4v) is 4.62. The molecular weight excluding hydrogens is 462 g/mol. The van der Waals surface area contributed by atoms with E-state index in [1.54, 1.807) is 59.3 Å². The van der Waals surface area contributed by atoms with Crippen LogP contribution in [0.5, 0.6) is 11.6 Å². The maximum absolute atomic E-state index is 12.5. The van der Waals surface area contributed by atoms with E-state index in [2.05, 4.69) is 19.8 Å². The van der Waals surface area contributed by atoms with Crippen LogP contribution in [0.1, 0.15) is 22.5 Å². The molecule has 2 aromatic heterocycles. The van der Waals surface area contributed by atoms with Crippen molar-refractivity contribution in [2.45, 2.75) is 26.5 Å². The van der Waals surface area contributed by atoms with Gasteiger partial charge in [-0.25, -0.2) is 23.1 Å². The Hall–Kier alpha value is -3.43. The number of anilines is 1. The molecule has 0 spiro atoms. The lowest BCUT2D eigenvalue weighted by Gasteiger charge is -2.10. The lowest BCUT2D eigenvalue weighted by atomic mass is 10.2. The first kappa shape index (κ1) is 22.8. The number of aryl methyl sites for hydroxylation is 1. The highest BCUT2D eigenvalue weighted by atomic mass is 35.5. The topological polar surface area (TPSA) is 99.0 Å². The molecular formula is C23H22ClN5O3S. The number of nitrogens with zero attached hydrogens (tertiary/aromatic N) is 4. The van der Waals surface area contributed by atoms with Crippen LogP contribution in [0.4, 0.5) is 5.69 Å². The quantitative estimate of drug-likeness (QED) is 0.398. The molecule has 2 aromatic carbocycles. The van der Waals surface area contributed by atoms with Gasteiger partial charge in [0, 0.05) is 22.5 Å². The molecule has 0 fully saturated rings. The molecule has 2 heterocycles. The van der Waals surface area contributed by atoms with E-state index in [0.717, 1.165) is 17.0 Å². The van der Waals surface area contributed by atoms with Gasteiger partial charge in [-0.2, -0.15) is 5.10 Å². The van der Waals surface area contributed by atoms with Crippen molar-refractivity contribution in [3.05, 3.63) is 88.5 Å². The molecule has 0 aliphatic carbocycles. The third kappa shape index (κ3) is 5.50. The molecule has 4 rings (SSSR count). The summed E-state index contributed by atoms with van der Waals surface area (Å²) in [5, 5.41) is 5.00. The number of rotatable bonds is 7. The number of sulfonamides is 1. The molecule has 0 saturated carbocycles. The SMILES string of the molecule is Cc1nn(-c2cc(Oc3ccc(NS(=O)(=O)Cc4cccc(Cl)c4)cc3)ncn2)c(C)c1C. The third-order valence-corrected chi connectivity index (χ3v) is 6.59. The Labute approximate surface area is 197 Å².